The molecular formula is C21H24N3O3. The number of pyridine rings is 1. The molecule has 2 heterocycles. The second-order valence-electron chi connectivity index (χ2n) is 7.55. The van der Waals surface area contributed by atoms with E-state index < -0.39 is 17.6 Å². The van der Waals surface area contributed by atoms with Gasteiger partial charge in [0, 0.05) is 24.8 Å². The van der Waals surface area contributed by atoms with Crippen LogP contribution in [0, 0.1) is 13.1 Å². The van der Waals surface area contributed by atoms with Gasteiger partial charge in [0.15, 0.2) is 0 Å². The van der Waals surface area contributed by atoms with Gasteiger partial charge < -0.3 is 4.74 Å². The quantitative estimate of drug-likeness (QED) is 0.825. The van der Waals surface area contributed by atoms with Crippen molar-refractivity contribution in [3.63, 3.8) is 0 Å². The third-order valence-corrected chi connectivity index (χ3v) is 4.32. The first kappa shape index (κ1) is 19.0. The molecule has 0 bridgehead atoms. The number of benzene rings is 1. The van der Waals surface area contributed by atoms with E-state index in [9.17, 15) is 9.59 Å². The van der Waals surface area contributed by atoms with Crippen molar-refractivity contribution in [3.05, 3.63) is 53.9 Å². The SMILES string of the molecule is Cc1c(-c2ccccc2)[c]ncc1C(=O)N(C(=O)OC(C)(C)C)N1CCC1. The zero-order valence-corrected chi connectivity index (χ0v) is 16.2. The van der Waals surface area contributed by atoms with Crippen molar-refractivity contribution in [2.75, 3.05) is 13.1 Å². The third kappa shape index (κ3) is 4.17. The number of amides is 2. The normalized spacial score (nSPS) is 14.4. The fourth-order valence-electron chi connectivity index (χ4n) is 2.82. The molecule has 6 heteroatoms. The number of hydrogen-bond donors (Lipinski definition) is 0. The van der Waals surface area contributed by atoms with E-state index in [-0.39, 0.29) is 0 Å². The molecule has 27 heavy (non-hydrogen) atoms. The smallest absolute Gasteiger partial charge is 0.432 e. The maximum atomic E-state index is 13.2. The van der Waals surface area contributed by atoms with Crippen LogP contribution in [0.15, 0.2) is 36.5 Å². The minimum atomic E-state index is -0.687. The van der Waals surface area contributed by atoms with Crippen molar-refractivity contribution in [1.29, 1.82) is 0 Å². The molecule has 1 aromatic heterocycles. The number of nitrogens with zero attached hydrogens (tertiary/aromatic N) is 3. The predicted octanol–water partition coefficient (Wildman–Crippen LogP) is 3.86. The number of hydrogen-bond acceptors (Lipinski definition) is 5. The minimum absolute atomic E-state index is 0.366. The first-order valence-electron chi connectivity index (χ1n) is 9.03. The lowest BCUT2D eigenvalue weighted by Gasteiger charge is -2.39. The van der Waals surface area contributed by atoms with Crippen molar-refractivity contribution < 1.29 is 14.3 Å². The molecule has 2 amide bonds. The molecule has 1 aliphatic heterocycles. The predicted molar refractivity (Wildman–Crippen MR) is 102 cm³/mol. The first-order chi connectivity index (χ1) is 12.8. The Morgan fingerprint density at radius 3 is 2.41 bits per heavy atom. The molecule has 1 radical (unpaired) electrons. The highest BCUT2D eigenvalue weighted by molar-refractivity contribution is 6.04. The van der Waals surface area contributed by atoms with Crippen LogP contribution in [-0.2, 0) is 4.74 Å². The second-order valence-corrected chi connectivity index (χ2v) is 7.55. The summed E-state index contributed by atoms with van der Waals surface area (Å²) in [6, 6.07) is 9.65. The highest BCUT2D eigenvalue weighted by atomic mass is 16.6. The van der Waals surface area contributed by atoms with Crippen LogP contribution < -0.4 is 0 Å². The molecule has 0 spiro atoms. The van der Waals surface area contributed by atoms with Crippen molar-refractivity contribution in [3.8, 4) is 11.1 Å². The van der Waals surface area contributed by atoms with E-state index in [1.165, 1.54) is 6.20 Å². The highest BCUT2D eigenvalue weighted by Gasteiger charge is 2.36. The van der Waals surface area contributed by atoms with E-state index in [0.717, 1.165) is 28.1 Å². The Hall–Kier alpha value is -2.73. The van der Waals surface area contributed by atoms with E-state index >= 15 is 0 Å². The third-order valence-electron chi connectivity index (χ3n) is 4.32. The molecule has 0 atom stereocenters. The van der Waals surface area contributed by atoms with Gasteiger partial charge in [0.25, 0.3) is 5.91 Å². The number of rotatable bonds is 3. The zero-order chi connectivity index (χ0) is 19.6. The molecule has 0 saturated carbocycles. The summed E-state index contributed by atoms with van der Waals surface area (Å²) in [4.78, 5) is 30.0. The molecule has 1 aliphatic rings. The maximum Gasteiger partial charge on any atom is 0.432 e. The molecule has 6 nitrogen and oxygen atoms in total. The van der Waals surface area contributed by atoms with Gasteiger partial charge in [0.2, 0.25) is 0 Å². The Balaban J connectivity index is 1.96. The second kappa shape index (κ2) is 7.48. The topological polar surface area (TPSA) is 62.7 Å². The Bertz CT molecular complexity index is 839. The van der Waals surface area contributed by atoms with Crippen LogP contribution in [0.2, 0.25) is 0 Å². The van der Waals surface area contributed by atoms with Gasteiger partial charge in [0.1, 0.15) is 5.60 Å². The lowest BCUT2D eigenvalue weighted by molar-refractivity contribution is -0.0609. The summed E-state index contributed by atoms with van der Waals surface area (Å²) in [6.07, 6.45) is 4.69. The Morgan fingerprint density at radius 1 is 1.19 bits per heavy atom. The molecule has 0 aliphatic carbocycles. The molecule has 141 valence electrons. The monoisotopic (exact) mass is 366 g/mol. The molecule has 1 aromatic carbocycles. The average molecular weight is 366 g/mol. The van der Waals surface area contributed by atoms with Crippen LogP contribution in [0.3, 0.4) is 0 Å². The molecule has 0 N–H and O–H groups in total. The minimum Gasteiger partial charge on any atom is -0.442 e. The fourth-order valence-corrected chi connectivity index (χ4v) is 2.82. The Morgan fingerprint density at radius 2 is 1.85 bits per heavy atom. The number of carbonyl (C=O) groups excluding carboxylic acids is 2. The lowest BCUT2D eigenvalue weighted by Crippen LogP contribution is -2.57. The van der Waals surface area contributed by atoms with Gasteiger partial charge in [-0.25, -0.2) is 9.80 Å². The van der Waals surface area contributed by atoms with E-state index in [1.807, 2.05) is 37.3 Å². The first-order valence-corrected chi connectivity index (χ1v) is 9.03. The van der Waals surface area contributed by atoms with Gasteiger partial charge >= 0.3 is 6.09 Å². The number of hydrazine groups is 1. The van der Waals surface area contributed by atoms with Gasteiger partial charge in [-0.3, -0.25) is 9.78 Å². The number of carbonyl (C=O) groups is 2. The summed E-state index contributed by atoms with van der Waals surface area (Å²) in [5.74, 6) is -0.430. The van der Waals surface area contributed by atoms with Crippen molar-refractivity contribution in [2.24, 2.45) is 0 Å². The van der Waals surface area contributed by atoms with Crippen molar-refractivity contribution in [1.82, 2.24) is 15.0 Å². The molecule has 1 fully saturated rings. The largest absolute Gasteiger partial charge is 0.442 e. The van der Waals surface area contributed by atoms with Gasteiger partial charge in [-0.2, -0.15) is 5.01 Å². The summed E-state index contributed by atoms with van der Waals surface area (Å²) in [6.45, 7) is 8.46. The standard InChI is InChI=1S/C21H24N3O3/c1-15-17(16-9-6-5-7-10-16)13-22-14-18(15)19(25)24(23-11-8-12-23)20(26)27-21(2,3)4/h5-7,9-10,14H,8,11-12H2,1-4H3. The molecule has 0 unspecified atom stereocenters. The number of aromatic nitrogens is 1. The van der Waals surface area contributed by atoms with Crippen LogP contribution in [-0.4, -0.2) is 45.7 Å². The molecule has 2 aromatic rings. The van der Waals surface area contributed by atoms with E-state index in [4.69, 9.17) is 4.74 Å². The summed E-state index contributed by atoms with van der Waals surface area (Å²) in [5.41, 5.74) is 2.08. The van der Waals surface area contributed by atoms with E-state index in [1.54, 1.807) is 25.8 Å². The maximum absolute atomic E-state index is 13.2. The number of ether oxygens (including phenoxy) is 1. The summed E-state index contributed by atoms with van der Waals surface area (Å²) in [5, 5.41) is 2.81. The van der Waals surface area contributed by atoms with Gasteiger partial charge in [0.05, 0.1) is 11.8 Å². The van der Waals surface area contributed by atoms with E-state index in [0.29, 0.717) is 18.7 Å². The average Bonchev–Trinajstić information content (AvgIpc) is 2.56. The molecular weight excluding hydrogens is 342 g/mol. The van der Waals surface area contributed by atoms with Crippen LogP contribution >= 0.6 is 0 Å². The van der Waals surface area contributed by atoms with Crippen molar-refractivity contribution in [2.45, 2.75) is 39.7 Å². The van der Waals surface area contributed by atoms with Crippen LogP contribution in [0.1, 0.15) is 43.1 Å². The van der Waals surface area contributed by atoms with Crippen molar-refractivity contribution >= 4 is 12.0 Å². The van der Waals surface area contributed by atoms with Gasteiger partial charge in [-0.15, -0.1) is 0 Å². The van der Waals surface area contributed by atoms with E-state index in [2.05, 4.69) is 11.2 Å². The highest BCUT2D eigenvalue weighted by Crippen LogP contribution is 2.26. The van der Waals surface area contributed by atoms with Gasteiger partial charge in [-0.1, -0.05) is 30.3 Å². The zero-order valence-electron chi connectivity index (χ0n) is 16.2. The summed E-state index contributed by atoms with van der Waals surface area (Å²) < 4.78 is 5.45. The molecule has 1 saturated heterocycles. The van der Waals surface area contributed by atoms with Crippen LogP contribution in [0.25, 0.3) is 11.1 Å². The van der Waals surface area contributed by atoms with Gasteiger partial charge in [-0.05, 0) is 45.2 Å². The Labute approximate surface area is 159 Å². The lowest BCUT2D eigenvalue weighted by atomic mass is 9.99. The summed E-state index contributed by atoms with van der Waals surface area (Å²) in [7, 11) is 0. The number of imide groups is 1. The van der Waals surface area contributed by atoms with Crippen LogP contribution in [0.4, 0.5) is 4.79 Å². The fraction of sp³-hybridized carbons (Fsp3) is 0.381. The summed E-state index contributed by atoms with van der Waals surface area (Å²) >= 11 is 0. The molecule has 3 rings (SSSR count). The Kier molecular flexibility index (Phi) is 5.28. The van der Waals surface area contributed by atoms with Crippen LogP contribution in [0.5, 0.6) is 0 Å².